The van der Waals surface area contributed by atoms with Crippen molar-refractivity contribution in [2.75, 3.05) is 0 Å². The summed E-state index contributed by atoms with van der Waals surface area (Å²) in [6.07, 6.45) is 1.19. The van der Waals surface area contributed by atoms with Crippen LogP contribution in [0.5, 0.6) is 0 Å². The molecule has 3 aliphatic heterocycles. The number of rotatable bonds is 2. The van der Waals surface area contributed by atoms with Crippen molar-refractivity contribution < 1.29 is 18.1 Å². The molecule has 7 heteroatoms. The van der Waals surface area contributed by atoms with Crippen LogP contribution in [0, 0.1) is 5.21 Å². The summed E-state index contributed by atoms with van der Waals surface area (Å²) in [5, 5.41) is 14.3. The molecule has 0 aromatic heterocycles. The van der Waals surface area contributed by atoms with Crippen LogP contribution in [0.2, 0.25) is 0 Å². The van der Waals surface area contributed by atoms with Crippen LogP contribution in [0.1, 0.15) is 87.6 Å². The first-order valence-electron chi connectivity index (χ1n) is 11.3. The zero-order chi connectivity index (χ0) is 23.4. The summed E-state index contributed by atoms with van der Waals surface area (Å²) in [4.78, 5) is 0. The van der Waals surface area contributed by atoms with Gasteiger partial charge in [0.2, 0.25) is 0 Å². The standard InChI is InChI=1S/C24H39NO5P/c1-19(2)16-17-24(25(19)26,18-14-12-11-13-15-18)31(27-20(3,4)21(5,6)28-31)29-22(7,8)23(9,10)30-31/h11-15H,16-17H2,1-10H3. The van der Waals surface area contributed by atoms with Crippen LogP contribution in [0.3, 0.4) is 0 Å². The first-order valence-corrected chi connectivity index (χ1v) is 13.2. The third-order valence-electron chi connectivity index (χ3n) is 8.25. The maximum absolute atomic E-state index is 14.4. The van der Waals surface area contributed by atoms with E-state index in [-0.39, 0.29) is 0 Å². The molecule has 1 radical (unpaired) electrons. The van der Waals surface area contributed by atoms with Gasteiger partial charge in [-0.25, -0.2) is 0 Å². The molecule has 31 heavy (non-hydrogen) atoms. The van der Waals surface area contributed by atoms with Gasteiger partial charge in [-0.2, -0.15) is 0 Å². The van der Waals surface area contributed by atoms with Gasteiger partial charge in [-0.05, 0) is 0 Å². The van der Waals surface area contributed by atoms with Crippen LogP contribution in [-0.4, -0.2) is 27.9 Å². The normalized spacial score (nSPS) is 37.5. The first kappa shape index (κ1) is 23.6. The maximum atomic E-state index is 14.4. The van der Waals surface area contributed by atoms with Crippen LogP contribution < -0.4 is 5.06 Å². The van der Waals surface area contributed by atoms with E-state index < -0.39 is 40.7 Å². The number of hydrogen-bond donors (Lipinski definition) is 0. The Balaban J connectivity index is 2.12. The second-order valence-electron chi connectivity index (χ2n) is 12.0. The van der Waals surface area contributed by atoms with E-state index in [9.17, 15) is 5.21 Å². The molecule has 3 aliphatic rings. The molecular formula is C24H39NO5P. The van der Waals surface area contributed by atoms with Gasteiger partial charge in [-0.1, -0.05) is 0 Å². The topological polar surface area (TPSA) is 65.9 Å². The Kier molecular flexibility index (Phi) is 4.63. The monoisotopic (exact) mass is 452 g/mol. The molecule has 3 saturated heterocycles. The van der Waals surface area contributed by atoms with E-state index in [1.165, 1.54) is 5.06 Å². The van der Waals surface area contributed by atoms with E-state index in [2.05, 4.69) is 0 Å². The zero-order valence-corrected chi connectivity index (χ0v) is 21.6. The van der Waals surface area contributed by atoms with E-state index in [0.717, 1.165) is 5.56 Å². The molecule has 1 spiro atoms. The fourth-order valence-electron chi connectivity index (χ4n) is 5.12. The Morgan fingerprint density at radius 3 is 1.39 bits per heavy atom. The fourth-order valence-corrected chi connectivity index (χ4v) is 11.6. The van der Waals surface area contributed by atoms with Crippen LogP contribution in [0.25, 0.3) is 0 Å². The van der Waals surface area contributed by atoms with Gasteiger partial charge in [0.25, 0.3) is 0 Å². The molecule has 4 rings (SSSR count). The molecule has 1 aromatic rings. The zero-order valence-electron chi connectivity index (χ0n) is 20.7. The van der Waals surface area contributed by atoms with Crippen LogP contribution in [0.4, 0.5) is 0 Å². The summed E-state index contributed by atoms with van der Waals surface area (Å²) < 4.78 is 28.0. The van der Waals surface area contributed by atoms with Gasteiger partial charge in [0, 0.05) is 0 Å². The van der Waals surface area contributed by atoms with Crippen molar-refractivity contribution in [2.24, 2.45) is 0 Å². The summed E-state index contributed by atoms with van der Waals surface area (Å²) in [6, 6.07) is 9.80. The third-order valence-corrected chi connectivity index (χ3v) is 13.2. The second-order valence-corrected chi connectivity index (χ2v) is 15.1. The van der Waals surface area contributed by atoms with Crippen molar-refractivity contribution >= 4 is 7.51 Å². The van der Waals surface area contributed by atoms with Crippen molar-refractivity contribution in [1.29, 1.82) is 0 Å². The summed E-state index contributed by atoms with van der Waals surface area (Å²) in [5.41, 5.74) is -2.77. The van der Waals surface area contributed by atoms with Crippen molar-refractivity contribution in [3.8, 4) is 0 Å². The van der Waals surface area contributed by atoms with Crippen LogP contribution >= 0.6 is 7.51 Å². The molecule has 175 valence electrons. The Morgan fingerprint density at radius 1 is 0.677 bits per heavy atom. The number of nitrogens with zero attached hydrogens (tertiary/aromatic N) is 1. The van der Waals surface area contributed by atoms with Crippen molar-refractivity contribution in [1.82, 2.24) is 5.06 Å². The first-order chi connectivity index (χ1) is 13.9. The van der Waals surface area contributed by atoms with E-state index >= 15 is 0 Å². The minimum atomic E-state index is -4.58. The molecule has 1 unspecified atom stereocenters. The Hall–Kier alpha value is -0.590. The second kappa shape index (κ2) is 6.09. The number of hydroxylamine groups is 2. The summed E-state index contributed by atoms with van der Waals surface area (Å²) in [6.45, 7) is 19.9. The Morgan fingerprint density at radius 2 is 1.06 bits per heavy atom. The predicted octanol–water partition coefficient (Wildman–Crippen LogP) is 6.47. The van der Waals surface area contributed by atoms with Gasteiger partial charge < -0.3 is 0 Å². The van der Waals surface area contributed by atoms with E-state index in [1.807, 2.05) is 99.6 Å². The van der Waals surface area contributed by atoms with Crippen molar-refractivity contribution in [2.45, 2.75) is 115 Å². The molecule has 1 aromatic carbocycles. The van der Waals surface area contributed by atoms with E-state index in [1.54, 1.807) is 0 Å². The number of hydrogen-bond acceptors (Lipinski definition) is 6. The molecule has 6 nitrogen and oxygen atoms in total. The van der Waals surface area contributed by atoms with Crippen molar-refractivity contribution in [3.05, 3.63) is 41.1 Å². The molecule has 0 bridgehead atoms. The van der Waals surface area contributed by atoms with E-state index in [4.69, 9.17) is 18.1 Å². The molecule has 0 aliphatic carbocycles. The summed E-state index contributed by atoms with van der Waals surface area (Å²) in [7, 11) is -4.58. The molecule has 0 N–H and O–H groups in total. The third kappa shape index (κ3) is 2.70. The number of benzene rings is 1. The van der Waals surface area contributed by atoms with Gasteiger partial charge in [0.15, 0.2) is 0 Å². The van der Waals surface area contributed by atoms with Gasteiger partial charge >= 0.3 is 187 Å². The fraction of sp³-hybridized carbons (Fsp3) is 0.750. The molecule has 1 atom stereocenters. The van der Waals surface area contributed by atoms with E-state index in [0.29, 0.717) is 12.8 Å². The van der Waals surface area contributed by atoms with Gasteiger partial charge in [-0.15, -0.1) is 0 Å². The van der Waals surface area contributed by atoms with Gasteiger partial charge in [-0.3, -0.25) is 0 Å². The van der Waals surface area contributed by atoms with Gasteiger partial charge in [0.1, 0.15) is 0 Å². The molecule has 0 amide bonds. The predicted molar refractivity (Wildman–Crippen MR) is 125 cm³/mol. The van der Waals surface area contributed by atoms with Crippen molar-refractivity contribution in [3.63, 3.8) is 0 Å². The minimum absolute atomic E-state index is 0.518. The van der Waals surface area contributed by atoms with Crippen LogP contribution in [-0.2, 0) is 23.4 Å². The molecule has 0 saturated carbocycles. The van der Waals surface area contributed by atoms with Gasteiger partial charge in [0.05, 0.1) is 0 Å². The average Bonchev–Trinajstić information content (AvgIpc) is 3.00. The molecule has 3 fully saturated rings. The summed E-state index contributed by atoms with van der Waals surface area (Å²) >= 11 is 0. The SMILES string of the molecule is CC1(C)CCC(c2ccccc2)(P23(OC(C)(C)C(C)(C)O2)OC(C)(C)C(C)(C)O3)[N+]1[O-]. The average molecular weight is 453 g/mol. The Bertz CT molecular complexity index is 819. The van der Waals surface area contributed by atoms with Crippen LogP contribution in [0.15, 0.2) is 30.3 Å². The summed E-state index contributed by atoms with van der Waals surface area (Å²) in [5.74, 6) is 0. The quantitative estimate of drug-likeness (QED) is 0.292. The Labute approximate surface area is 187 Å². The molecular weight excluding hydrogens is 413 g/mol. The molecule has 3 heterocycles.